The van der Waals surface area contributed by atoms with Gasteiger partial charge in [0, 0.05) is 30.1 Å². The van der Waals surface area contributed by atoms with Gasteiger partial charge in [-0.3, -0.25) is 9.59 Å². The van der Waals surface area contributed by atoms with E-state index in [0.29, 0.717) is 17.9 Å². The molecule has 2 amide bonds. The third-order valence-corrected chi connectivity index (χ3v) is 6.17. The Hall–Kier alpha value is -3.48. The summed E-state index contributed by atoms with van der Waals surface area (Å²) in [7, 11) is 1.69. The van der Waals surface area contributed by atoms with Gasteiger partial charge in [0.25, 0.3) is 0 Å². The van der Waals surface area contributed by atoms with Crippen LogP contribution in [0, 0.1) is 0 Å². The van der Waals surface area contributed by atoms with E-state index in [1.165, 1.54) is 4.90 Å². The Bertz CT molecular complexity index is 1180. The number of rotatable bonds is 1. The van der Waals surface area contributed by atoms with E-state index in [-0.39, 0.29) is 31.2 Å². The third kappa shape index (κ3) is 2.87. The first-order valence-corrected chi connectivity index (χ1v) is 10.7. The zero-order chi connectivity index (χ0) is 21.7. The van der Waals surface area contributed by atoms with Crippen LogP contribution in [0.3, 0.4) is 0 Å². The molecule has 1 saturated heterocycles. The number of carbonyl (C=O) groups is 2. The summed E-state index contributed by atoms with van der Waals surface area (Å²) in [5.74, 6) is 1.28. The van der Waals surface area contributed by atoms with Crippen LogP contribution >= 0.6 is 0 Å². The molecule has 0 bridgehead atoms. The summed E-state index contributed by atoms with van der Waals surface area (Å²) >= 11 is 0. The molecule has 1 N–H and O–H groups in total. The highest BCUT2D eigenvalue weighted by atomic mass is 16.7. The van der Waals surface area contributed by atoms with Gasteiger partial charge in [-0.15, -0.1) is 0 Å². The van der Waals surface area contributed by atoms with E-state index in [2.05, 4.69) is 11.1 Å². The molecule has 0 radical (unpaired) electrons. The Morgan fingerprint density at radius 1 is 1.03 bits per heavy atom. The monoisotopic (exact) mass is 419 g/mol. The van der Waals surface area contributed by atoms with Gasteiger partial charge in [-0.2, -0.15) is 0 Å². The van der Waals surface area contributed by atoms with E-state index < -0.39 is 6.04 Å². The Morgan fingerprint density at radius 3 is 2.65 bits per heavy atom. The second-order valence-electron chi connectivity index (χ2n) is 7.79. The highest BCUT2D eigenvalue weighted by Crippen LogP contribution is 2.44. The summed E-state index contributed by atoms with van der Waals surface area (Å²) in [5, 5.41) is 1.10. The molecule has 4 heterocycles. The molecule has 0 aliphatic carbocycles. The van der Waals surface area contributed by atoms with Crippen molar-refractivity contribution in [1.82, 2.24) is 14.8 Å². The van der Waals surface area contributed by atoms with Crippen LogP contribution in [0.5, 0.6) is 11.5 Å². The van der Waals surface area contributed by atoms with Gasteiger partial charge in [-0.05, 0) is 29.3 Å². The van der Waals surface area contributed by atoms with E-state index in [1.54, 1.807) is 11.9 Å². The first-order valence-electron chi connectivity index (χ1n) is 10.7. The summed E-state index contributed by atoms with van der Waals surface area (Å²) in [6.07, 6.45) is 0.509. The molecule has 6 rings (SSSR count). The van der Waals surface area contributed by atoms with Crippen LogP contribution in [-0.2, 0) is 16.0 Å². The lowest BCUT2D eigenvalue weighted by Crippen LogP contribution is -2.62. The molecule has 3 aromatic rings. The Morgan fingerprint density at radius 2 is 1.81 bits per heavy atom. The minimum atomic E-state index is -0.511. The predicted octanol–water partition coefficient (Wildman–Crippen LogP) is 3.24. The number of aromatic nitrogens is 1. The van der Waals surface area contributed by atoms with Crippen molar-refractivity contribution in [2.24, 2.45) is 0 Å². The van der Waals surface area contributed by atoms with Crippen LogP contribution < -0.4 is 9.47 Å². The molecule has 3 aliphatic heterocycles. The number of carbonyl (C=O) groups excluding carboxylic acids is 2. The lowest BCUT2D eigenvalue weighted by molar-refractivity contribution is -0.157. The maximum absolute atomic E-state index is 13.1. The largest absolute Gasteiger partial charge is 0.454 e. The van der Waals surface area contributed by atoms with Crippen LogP contribution in [0.2, 0.25) is 0 Å². The zero-order valence-electron chi connectivity index (χ0n) is 17.8. The molecule has 3 aliphatic rings. The predicted molar refractivity (Wildman–Crippen MR) is 116 cm³/mol. The van der Waals surface area contributed by atoms with Crippen molar-refractivity contribution < 1.29 is 19.1 Å². The molecular weight excluding hydrogens is 394 g/mol. The van der Waals surface area contributed by atoms with E-state index in [9.17, 15) is 9.59 Å². The van der Waals surface area contributed by atoms with Crippen molar-refractivity contribution in [3.05, 3.63) is 59.3 Å². The van der Waals surface area contributed by atoms with Gasteiger partial charge >= 0.3 is 0 Å². The topological polar surface area (TPSA) is 74.9 Å². The molecule has 1 fully saturated rings. The molecular formula is C24H25N3O4. The number of hydrogen-bond donors (Lipinski definition) is 1. The van der Waals surface area contributed by atoms with Gasteiger partial charge in [-0.1, -0.05) is 38.1 Å². The van der Waals surface area contributed by atoms with Gasteiger partial charge in [0.1, 0.15) is 6.04 Å². The fraction of sp³-hybridized carbons (Fsp3) is 0.333. The fourth-order valence-corrected chi connectivity index (χ4v) is 4.84. The summed E-state index contributed by atoms with van der Waals surface area (Å²) in [6, 6.07) is 12.9. The summed E-state index contributed by atoms with van der Waals surface area (Å²) < 4.78 is 11.0. The van der Waals surface area contributed by atoms with Crippen LogP contribution in [-0.4, -0.2) is 53.0 Å². The number of likely N-dealkylation sites (N-methyl/N-ethyl adjacent to an activating group) is 1. The highest BCUT2D eigenvalue weighted by molar-refractivity contribution is 5.97. The maximum atomic E-state index is 13.1. The molecule has 7 nitrogen and oxygen atoms in total. The first kappa shape index (κ1) is 19.5. The molecule has 0 saturated carbocycles. The van der Waals surface area contributed by atoms with Crippen molar-refractivity contribution in [3.8, 4) is 11.5 Å². The third-order valence-electron chi connectivity index (χ3n) is 6.17. The molecule has 1 aromatic heterocycles. The first-order chi connectivity index (χ1) is 15.1. The van der Waals surface area contributed by atoms with Crippen molar-refractivity contribution in [3.63, 3.8) is 0 Å². The van der Waals surface area contributed by atoms with Crippen molar-refractivity contribution in [2.45, 2.75) is 32.4 Å². The number of hydrogen-bond acceptors (Lipinski definition) is 4. The Labute approximate surface area is 180 Å². The second-order valence-corrected chi connectivity index (χ2v) is 7.79. The molecule has 0 spiro atoms. The van der Waals surface area contributed by atoms with E-state index in [1.807, 2.05) is 50.2 Å². The van der Waals surface area contributed by atoms with Gasteiger partial charge < -0.3 is 24.3 Å². The summed E-state index contributed by atoms with van der Waals surface area (Å²) in [6.45, 7) is 4.28. The van der Waals surface area contributed by atoms with Crippen LogP contribution in [0.25, 0.3) is 10.9 Å². The van der Waals surface area contributed by atoms with E-state index >= 15 is 0 Å². The molecule has 2 unspecified atom stereocenters. The highest BCUT2D eigenvalue weighted by Gasteiger charge is 2.47. The lowest BCUT2D eigenvalue weighted by atomic mass is 9.86. The number of piperazine rings is 1. The lowest BCUT2D eigenvalue weighted by Gasteiger charge is -2.46. The number of ether oxygens (including phenoxy) is 2. The summed E-state index contributed by atoms with van der Waals surface area (Å²) in [4.78, 5) is 32.9. The minimum Gasteiger partial charge on any atom is -0.454 e. The maximum Gasteiger partial charge on any atom is 0.245 e. The van der Waals surface area contributed by atoms with Gasteiger partial charge in [-0.25, -0.2) is 0 Å². The SMILES string of the molecule is CC.CN1CC(=O)N2C(Cc3c([nH]c4ccccc34)C2c2ccc3c(c2)OCO3)C1=O. The number of nitrogens with one attached hydrogen (secondary N) is 1. The summed E-state index contributed by atoms with van der Waals surface area (Å²) in [5.41, 5.74) is 3.97. The number of para-hydroxylation sites is 1. The van der Waals surface area contributed by atoms with Crippen LogP contribution in [0.15, 0.2) is 42.5 Å². The smallest absolute Gasteiger partial charge is 0.245 e. The second kappa shape index (κ2) is 7.34. The average Bonchev–Trinajstić information content (AvgIpc) is 3.41. The molecule has 7 heteroatoms. The number of benzene rings is 2. The Balaban J connectivity index is 0.000000994. The molecule has 2 aromatic carbocycles. The van der Waals surface area contributed by atoms with Crippen LogP contribution in [0.1, 0.15) is 36.7 Å². The number of H-pyrrole nitrogens is 1. The average molecular weight is 419 g/mol. The van der Waals surface area contributed by atoms with Gasteiger partial charge in [0.2, 0.25) is 18.6 Å². The van der Waals surface area contributed by atoms with Crippen molar-refractivity contribution in [1.29, 1.82) is 0 Å². The molecule has 2 atom stereocenters. The van der Waals surface area contributed by atoms with Crippen molar-refractivity contribution in [2.75, 3.05) is 20.4 Å². The van der Waals surface area contributed by atoms with Crippen molar-refractivity contribution >= 4 is 22.7 Å². The van der Waals surface area contributed by atoms with Gasteiger partial charge in [0.15, 0.2) is 11.5 Å². The standard InChI is InChI=1S/C22H19N3O4.C2H6/c1-24-10-19(26)25-16(22(24)27)9-14-13-4-2-3-5-15(13)23-20(14)21(25)12-6-7-17-18(8-12)29-11-28-17;1-2/h2-8,16,21,23H,9-11H2,1H3;1-2H3. The molecule has 31 heavy (non-hydrogen) atoms. The van der Waals surface area contributed by atoms with Gasteiger partial charge in [0.05, 0.1) is 12.6 Å². The van der Waals surface area contributed by atoms with Crippen LogP contribution in [0.4, 0.5) is 0 Å². The van der Waals surface area contributed by atoms with E-state index in [4.69, 9.17) is 9.47 Å². The normalized spacial score (nSPS) is 21.5. The number of amides is 2. The van der Waals surface area contributed by atoms with E-state index in [0.717, 1.165) is 27.7 Å². The number of fused-ring (bicyclic) bond motifs is 5. The number of aromatic amines is 1. The quantitative estimate of drug-likeness (QED) is 0.657. The minimum absolute atomic E-state index is 0.0220. The zero-order valence-corrected chi connectivity index (χ0v) is 17.8. The Kier molecular flexibility index (Phi) is 4.61. The number of nitrogens with zero attached hydrogens (tertiary/aromatic N) is 2. The molecule has 160 valence electrons. The fourth-order valence-electron chi connectivity index (χ4n) is 4.84.